The van der Waals surface area contributed by atoms with Crippen LogP contribution in [0.4, 0.5) is 0 Å². The molecule has 34 heavy (non-hydrogen) atoms. The Hall–Kier alpha value is -1.74. The number of carboxylic acid groups (broad SMARTS) is 1. The number of thiophene rings is 1. The van der Waals surface area contributed by atoms with Crippen molar-refractivity contribution < 1.29 is 18.9 Å². The molecule has 1 saturated heterocycles. The Morgan fingerprint density at radius 1 is 1.29 bits per heavy atom. The minimum absolute atomic E-state index is 0.115. The number of hydrogen-bond donors (Lipinski definition) is 1. The molecule has 4 atom stereocenters. The highest BCUT2D eigenvalue weighted by Crippen LogP contribution is 2.48. The summed E-state index contributed by atoms with van der Waals surface area (Å²) in [6, 6.07) is 11.3. The van der Waals surface area contributed by atoms with Crippen LogP contribution >= 0.6 is 22.9 Å². The van der Waals surface area contributed by atoms with E-state index in [1.807, 2.05) is 51.0 Å². The molecule has 1 aliphatic carbocycles. The second-order valence-electron chi connectivity index (χ2n) is 9.68. The number of carbonyl (C=O) groups is 2. The van der Waals surface area contributed by atoms with Gasteiger partial charge in [0.25, 0.3) is 0 Å². The maximum absolute atomic E-state index is 14.0. The van der Waals surface area contributed by atoms with Gasteiger partial charge in [-0.25, -0.2) is 8.51 Å². The molecule has 2 aromatic rings. The molecule has 2 unspecified atom stereocenters. The zero-order chi connectivity index (χ0) is 24.5. The maximum atomic E-state index is 14.0. The van der Waals surface area contributed by atoms with Gasteiger partial charge in [-0.05, 0) is 60.7 Å². The van der Waals surface area contributed by atoms with Crippen LogP contribution in [0.2, 0.25) is 5.02 Å². The number of benzene rings is 1. The fourth-order valence-electron chi connectivity index (χ4n) is 5.04. The van der Waals surface area contributed by atoms with E-state index in [0.29, 0.717) is 36.9 Å². The number of hydrogen-bond acceptors (Lipinski definition) is 4. The van der Waals surface area contributed by atoms with E-state index in [1.54, 1.807) is 24.5 Å². The van der Waals surface area contributed by atoms with Crippen LogP contribution in [0.3, 0.4) is 0 Å². The average Bonchev–Trinajstić information content (AvgIpc) is 3.49. The quantitative estimate of drug-likeness (QED) is 0.469. The van der Waals surface area contributed by atoms with Crippen LogP contribution in [0.1, 0.15) is 55.5 Å². The molecule has 1 aromatic carbocycles. The standard InChI is InChI=1S/C25H31ClN2O4S2/c1-25(14-23(29)30)12-11-21(17-7-9-19(26)10-8-17)28(24(25)31)22(18-5-6-18)16-27(34(2)32)15-20-4-3-13-33-20/h3-4,7-10,13,18,21-22H,5-6,11-12,14-16H2,1-2H3,(H,29,30)/t21-,22?,25+,34?/m0/s1. The van der Waals surface area contributed by atoms with Gasteiger partial charge in [0.1, 0.15) is 0 Å². The number of piperidine rings is 1. The van der Waals surface area contributed by atoms with Gasteiger partial charge in [-0.1, -0.05) is 36.7 Å². The van der Waals surface area contributed by atoms with Crippen LogP contribution in [-0.4, -0.2) is 49.2 Å². The zero-order valence-corrected chi connectivity index (χ0v) is 21.9. The average molecular weight is 523 g/mol. The van der Waals surface area contributed by atoms with E-state index in [1.165, 1.54) is 0 Å². The lowest BCUT2D eigenvalue weighted by Gasteiger charge is -2.49. The molecule has 4 rings (SSSR count). The van der Waals surface area contributed by atoms with Crippen molar-refractivity contribution in [1.82, 2.24) is 9.21 Å². The molecular weight excluding hydrogens is 492 g/mol. The summed E-state index contributed by atoms with van der Waals surface area (Å²) in [5.74, 6) is -0.756. The molecule has 0 spiro atoms. The third-order valence-electron chi connectivity index (χ3n) is 7.04. The summed E-state index contributed by atoms with van der Waals surface area (Å²) >= 11 is 7.75. The van der Waals surface area contributed by atoms with E-state index in [4.69, 9.17) is 11.6 Å². The van der Waals surface area contributed by atoms with Crippen molar-refractivity contribution in [2.24, 2.45) is 11.3 Å². The fourth-order valence-corrected chi connectivity index (χ4v) is 6.65. The molecule has 1 amide bonds. The Balaban J connectivity index is 1.69. The third-order valence-corrected chi connectivity index (χ3v) is 9.16. The Morgan fingerprint density at radius 3 is 2.56 bits per heavy atom. The van der Waals surface area contributed by atoms with Crippen molar-refractivity contribution in [1.29, 1.82) is 0 Å². The van der Waals surface area contributed by atoms with E-state index >= 15 is 0 Å². The molecule has 0 radical (unpaired) electrons. The summed E-state index contributed by atoms with van der Waals surface area (Å²) < 4.78 is 14.7. The van der Waals surface area contributed by atoms with Crippen LogP contribution in [0.25, 0.3) is 0 Å². The molecule has 184 valence electrons. The molecule has 1 aromatic heterocycles. The van der Waals surface area contributed by atoms with Gasteiger partial charge in [-0.15, -0.1) is 11.3 Å². The van der Waals surface area contributed by atoms with Crippen molar-refractivity contribution in [2.45, 2.75) is 57.7 Å². The molecule has 2 fully saturated rings. The maximum Gasteiger partial charge on any atom is 0.304 e. The number of carboxylic acids is 1. The number of amides is 1. The van der Waals surface area contributed by atoms with Crippen molar-refractivity contribution >= 4 is 45.8 Å². The number of rotatable bonds is 10. The summed E-state index contributed by atoms with van der Waals surface area (Å²) in [7, 11) is -1.21. The molecule has 2 heterocycles. The molecule has 2 aliphatic rings. The minimum atomic E-state index is -1.21. The second kappa shape index (κ2) is 10.5. The number of halogens is 1. The van der Waals surface area contributed by atoms with Gasteiger partial charge in [0.05, 0.1) is 28.9 Å². The first-order valence-corrected chi connectivity index (χ1v) is 14.4. The monoisotopic (exact) mass is 522 g/mol. The highest BCUT2D eigenvalue weighted by Gasteiger charge is 2.51. The van der Waals surface area contributed by atoms with E-state index in [9.17, 15) is 18.9 Å². The lowest BCUT2D eigenvalue weighted by atomic mass is 9.74. The smallest absolute Gasteiger partial charge is 0.304 e. The predicted molar refractivity (Wildman–Crippen MR) is 136 cm³/mol. The molecule has 6 nitrogen and oxygen atoms in total. The van der Waals surface area contributed by atoms with Crippen molar-refractivity contribution in [3.63, 3.8) is 0 Å². The number of carbonyl (C=O) groups excluding carboxylic acids is 1. The van der Waals surface area contributed by atoms with Crippen LogP contribution in [0.5, 0.6) is 0 Å². The Kier molecular flexibility index (Phi) is 7.82. The Bertz CT molecular complexity index is 1040. The minimum Gasteiger partial charge on any atom is -0.481 e. The molecule has 0 bridgehead atoms. The predicted octanol–water partition coefficient (Wildman–Crippen LogP) is 5.12. The molecule has 1 saturated carbocycles. The first kappa shape index (κ1) is 25.4. The molecule has 1 N–H and O–H groups in total. The van der Waals surface area contributed by atoms with Crippen molar-refractivity contribution in [3.05, 3.63) is 57.2 Å². The van der Waals surface area contributed by atoms with Gasteiger partial charge >= 0.3 is 5.97 Å². The lowest BCUT2D eigenvalue weighted by molar-refractivity contribution is -0.159. The van der Waals surface area contributed by atoms with E-state index in [-0.39, 0.29) is 24.4 Å². The van der Waals surface area contributed by atoms with Crippen LogP contribution in [0, 0.1) is 11.3 Å². The van der Waals surface area contributed by atoms with Crippen LogP contribution in [-0.2, 0) is 27.1 Å². The normalized spacial score (nSPS) is 24.9. The van der Waals surface area contributed by atoms with Crippen LogP contribution < -0.4 is 0 Å². The van der Waals surface area contributed by atoms with E-state index in [2.05, 4.69) is 0 Å². The Labute approximate surface area is 212 Å². The lowest BCUT2D eigenvalue weighted by Crippen LogP contribution is -2.57. The van der Waals surface area contributed by atoms with Crippen LogP contribution in [0.15, 0.2) is 41.8 Å². The fraction of sp³-hybridized carbons (Fsp3) is 0.520. The number of nitrogens with zero attached hydrogens (tertiary/aromatic N) is 2. The van der Waals surface area contributed by atoms with E-state index in [0.717, 1.165) is 23.3 Å². The largest absolute Gasteiger partial charge is 0.481 e. The van der Waals surface area contributed by atoms with Gasteiger partial charge in [-0.2, -0.15) is 0 Å². The third kappa shape index (κ3) is 5.73. The van der Waals surface area contributed by atoms with Gasteiger partial charge in [-0.3, -0.25) is 9.59 Å². The van der Waals surface area contributed by atoms with Gasteiger partial charge in [0.15, 0.2) is 0 Å². The highest BCUT2D eigenvalue weighted by atomic mass is 35.5. The van der Waals surface area contributed by atoms with E-state index < -0.39 is 22.4 Å². The highest BCUT2D eigenvalue weighted by molar-refractivity contribution is 7.81. The Morgan fingerprint density at radius 2 is 2.00 bits per heavy atom. The molecule has 1 aliphatic heterocycles. The summed E-state index contributed by atoms with van der Waals surface area (Å²) in [6.07, 6.45) is 4.71. The summed E-state index contributed by atoms with van der Waals surface area (Å²) in [5.41, 5.74) is 0.0504. The summed E-state index contributed by atoms with van der Waals surface area (Å²) in [6.45, 7) is 2.83. The first-order valence-electron chi connectivity index (χ1n) is 11.6. The van der Waals surface area contributed by atoms with Crippen molar-refractivity contribution in [3.8, 4) is 0 Å². The van der Waals surface area contributed by atoms with Gasteiger partial charge in [0, 0.05) is 35.3 Å². The zero-order valence-electron chi connectivity index (χ0n) is 19.5. The summed E-state index contributed by atoms with van der Waals surface area (Å²) in [5, 5.41) is 12.2. The second-order valence-corrected chi connectivity index (χ2v) is 12.5. The number of likely N-dealkylation sites (tertiary alicyclic amines) is 1. The first-order chi connectivity index (χ1) is 16.2. The topological polar surface area (TPSA) is 77.9 Å². The number of aliphatic carboxylic acids is 1. The SMILES string of the molecule is CS(=O)N(Cc1cccs1)CC(C1CC1)N1C(=O)[C@@](C)(CC(=O)O)CC[C@H]1c1ccc(Cl)cc1. The van der Waals surface area contributed by atoms with Crippen molar-refractivity contribution in [2.75, 3.05) is 12.8 Å². The molecular formula is C25H31ClN2O4S2. The molecule has 9 heteroatoms. The summed E-state index contributed by atoms with van der Waals surface area (Å²) in [4.78, 5) is 28.7. The van der Waals surface area contributed by atoms with Gasteiger partial charge < -0.3 is 10.0 Å². The van der Waals surface area contributed by atoms with Gasteiger partial charge in [0.2, 0.25) is 5.91 Å².